The molecule has 0 aliphatic carbocycles. The van der Waals surface area contributed by atoms with Crippen LogP contribution in [0, 0.1) is 0 Å². The van der Waals surface area contributed by atoms with Gasteiger partial charge in [-0.25, -0.2) is 0 Å². The number of nitrogens with one attached hydrogen (secondary N) is 2. The standard InChI is InChI=1S/C17H27N3O3S/c1-13(2)23-12-14-6-8-15(9-7-14)16(21)19-20(3)17(24)18-10-5-11-22-4/h6-9,13H,5,10-12H2,1-4H3,(H,18,24)(H,19,21). The fourth-order valence-electron chi connectivity index (χ4n) is 1.81. The number of carbonyl (C=O) groups excluding carboxylic acids is 1. The van der Waals surface area contributed by atoms with Crippen LogP contribution in [0.3, 0.4) is 0 Å². The third-order valence-electron chi connectivity index (χ3n) is 3.17. The van der Waals surface area contributed by atoms with Gasteiger partial charge >= 0.3 is 0 Å². The summed E-state index contributed by atoms with van der Waals surface area (Å²) in [6.45, 7) is 5.87. The molecule has 0 aromatic heterocycles. The highest BCUT2D eigenvalue weighted by atomic mass is 32.1. The normalized spacial score (nSPS) is 10.5. The zero-order chi connectivity index (χ0) is 17.9. The Hall–Kier alpha value is -1.70. The van der Waals surface area contributed by atoms with Crippen molar-refractivity contribution in [3.63, 3.8) is 0 Å². The maximum Gasteiger partial charge on any atom is 0.269 e. The van der Waals surface area contributed by atoms with Gasteiger partial charge in [-0.15, -0.1) is 0 Å². The van der Waals surface area contributed by atoms with Gasteiger partial charge in [-0.05, 0) is 50.2 Å². The van der Waals surface area contributed by atoms with Crippen LogP contribution in [0.2, 0.25) is 0 Å². The molecule has 134 valence electrons. The van der Waals surface area contributed by atoms with E-state index >= 15 is 0 Å². The highest BCUT2D eigenvalue weighted by molar-refractivity contribution is 7.80. The van der Waals surface area contributed by atoms with Gasteiger partial charge in [0.05, 0.1) is 12.7 Å². The van der Waals surface area contributed by atoms with Crippen LogP contribution < -0.4 is 10.7 Å². The predicted molar refractivity (Wildman–Crippen MR) is 98.7 cm³/mol. The number of amides is 1. The SMILES string of the molecule is COCCCNC(=S)N(C)NC(=O)c1ccc(COC(C)C)cc1. The first-order valence-corrected chi connectivity index (χ1v) is 8.37. The first-order chi connectivity index (χ1) is 11.4. The van der Waals surface area contributed by atoms with E-state index in [9.17, 15) is 4.79 Å². The number of ether oxygens (including phenoxy) is 2. The minimum Gasteiger partial charge on any atom is -0.385 e. The Bertz CT molecular complexity index is 520. The highest BCUT2D eigenvalue weighted by Crippen LogP contribution is 2.07. The molecule has 2 N–H and O–H groups in total. The van der Waals surface area contributed by atoms with E-state index in [0.717, 1.165) is 12.0 Å². The molecule has 0 bridgehead atoms. The van der Waals surface area contributed by atoms with Gasteiger partial charge in [0.1, 0.15) is 0 Å². The average Bonchev–Trinajstić information content (AvgIpc) is 2.57. The lowest BCUT2D eigenvalue weighted by molar-refractivity contribution is 0.0656. The molecular weight excluding hydrogens is 326 g/mol. The number of benzene rings is 1. The molecule has 24 heavy (non-hydrogen) atoms. The number of nitrogens with zero attached hydrogens (tertiary/aromatic N) is 1. The van der Waals surface area contributed by atoms with Gasteiger partial charge in [0.2, 0.25) is 0 Å². The fourth-order valence-corrected chi connectivity index (χ4v) is 1.96. The summed E-state index contributed by atoms with van der Waals surface area (Å²) < 4.78 is 10.5. The minimum atomic E-state index is -0.213. The lowest BCUT2D eigenvalue weighted by atomic mass is 10.1. The summed E-state index contributed by atoms with van der Waals surface area (Å²) in [6.07, 6.45) is 1.03. The van der Waals surface area contributed by atoms with Crippen LogP contribution in [0.5, 0.6) is 0 Å². The van der Waals surface area contributed by atoms with Crippen molar-refractivity contribution < 1.29 is 14.3 Å². The first-order valence-electron chi connectivity index (χ1n) is 7.96. The number of thiocarbonyl (C=S) groups is 1. The Morgan fingerprint density at radius 3 is 2.54 bits per heavy atom. The van der Waals surface area contributed by atoms with Gasteiger partial charge in [0, 0.05) is 32.9 Å². The molecule has 0 fully saturated rings. The molecule has 0 aliphatic rings. The van der Waals surface area contributed by atoms with Crippen molar-refractivity contribution in [1.29, 1.82) is 0 Å². The summed E-state index contributed by atoms with van der Waals surface area (Å²) >= 11 is 5.22. The molecule has 1 rings (SSSR count). The number of methoxy groups -OCH3 is 1. The maximum atomic E-state index is 12.2. The Balaban J connectivity index is 2.44. The van der Waals surface area contributed by atoms with E-state index in [1.165, 1.54) is 5.01 Å². The number of hydrazine groups is 1. The molecule has 0 unspecified atom stereocenters. The monoisotopic (exact) mass is 353 g/mol. The van der Waals surface area contributed by atoms with E-state index < -0.39 is 0 Å². The largest absolute Gasteiger partial charge is 0.385 e. The molecular formula is C17H27N3O3S. The van der Waals surface area contributed by atoms with Crippen LogP contribution in [0.1, 0.15) is 36.2 Å². The zero-order valence-electron chi connectivity index (χ0n) is 14.8. The van der Waals surface area contributed by atoms with E-state index in [1.807, 2.05) is 26.0 Å². The quantitative estimate of drug-likeness (QED) is 0.424. The Kier molecular flexibility index (Phi) is 9.29. The van der Waals surface area contributed by atoms with Crippen molar-refractivity contribution in [3.05, 3.63) is 35.4 Å². The molecule has 0 saturated carbocycles. The fraction of sp³-hybridized carbons (Fsp3) is 0.529. The van der Waals surface area contributed by atoms with E-state index in [0.29, 0.717) is 30.4 Å². The number of hydrogen-bond acceptors (Lipinski definition) is 4. The molecule has 0 radical (unpaired) electrons. The summed E-state index contributed by atoms with van der Waals surface area (Å²) in [6, 6.07) is 7.33. The van der Waals surface area contributed by atoms with Gasteiger partial charge < -0.3 is 14.8 Å². The molecule has 1 aromatic rings. The van der Waals surface area contributed by atoms with Crippen LogP contribution in [-0.2, 0) is 16.1 Å². The maximum absolute atomic E-state index is 12.2. The van der Waals surface area contributed by atoms with Gasteiger partial charge in [-0.2, -0.15) is 0 Å². The smallest absolute Gasteiger partial charge is 0.269 e. The summed E-state index contributed by atoms with van der Waals surface area (Å²) in [4.78, 5) is 12.2. The second-order valence-electron chi connectivity index (χ2n) is 5.63. The number of rotatable bonds is 8. The van der Waals surface area contributed by atoms with Crippen LogP contribution in [0.4, 0.5) is 0 Å². The van der Waals surface area contributed by atoms with Crippen molar-refractivity contribution in [2.24, 2.45) is 0 Å². The van der Waals surface area contributed by atoms with Crippen LogP contribution >= 0.6 is 12.2 Å². The number of hydrogen-bond donors (Lipinski definition) is 2. The van der Waals surface area contributed by atoms with Crippen molar-refractivity contribution in [2.75, 3.05) is 27.3 Å². The molecule has 6 nitrogen and oxygen atoms in total. The third kappa shape index (κ3) is 7.72. The summed E-state index contributed by atoms with van der Waals surface area (Å²) in [5.74, 6) is -0.213. The highest BCUT2D eigenvalue weighted by Gasteiger charge is 2.10. The molecule has 0 aliphatic heterocycles. The molecule has 1 amide bonds. The van der Waals surface area contributed by atoms with Crippen LogP contribution in [0.25, 0.3) is 0 Å². The van der Waals surface area contributed by atoms with Gasteiger partial charge in [-0.1, -0.05) is 12.1 Å². The lowest BCUT2D eigenvalue weighted by Gasteiger charge is -2.21. The zero-order valence-corrected chi connectivity index (χ0v) is 15.6. The molecule has 0 heterocycles. The van der Waals surface area contributed by atoms with Crippen molar-refractivity contribution >= 4 is 23.2 Å². The summed E-state index contributed by atoms with van der Waals surface area (Å²) in [7, 11) is 3.36. The number of carbonyl (C=O) groups is 1. The van der Waals surface area contributed by atoms with Crippen LogP contribution in [0.15, 0.2) is 24.3 Å². The average molecular weight is 353 g/mol. The van der Waals surface area contributed by atoms with Crippen molar-refractivity contribution in [1.82, 2.24) is 15.8 Å². The molecule has 0 atom stereocenters. The Labute approximate surface area is 149 Å². The van der Waals surface area contributed by atoms with E-state index in [-0.39, 0.29) is 12.0 Å². The minimum absolute atomic E-state index is 0.180. The van der Waals surface area contributed by atoms with E-state index in [4.69, 9.17) is 21.7 Å². The molecule has 0 saturated heterocycles. The third-order valence-corrected chi connectivity index (χ3v) is 3.59. The van der Waals surface area contributed by atoms with Crippen molar-refractivity contribution in [3.8, 4) is 0 Å². The molecule has 7 heteroatoms. The van der Waals surface area contributed by atoms with Gasteiger partial charge in [-0.3, -0.25) is 15.2 Å². The first kappa shape index (κ1) is 20.3. The Morgan fingerprint density at radius 2 is 1.96 bits per heavy atom. The second kappa shape index (κ2) is 11.0. The predicted octanol–water partition coefficient (Wildman–Crippen LogP) is 2.10. The summed E-state index contributed by atoms with van der Waals surface area (Å²) in [5, 5.41) is 5.02. The lowest BCUT2D eigenvalue weighted by Crippen LogP contribution is -2.48. The van der Waals surface area contributed by atoms with Crippen LogP contribution in [-0.4, -0.2) is 49.4 Å². The van der Waals surface area contributed by atoms with Gasteiger partial charge in [0.15, 0.2) is 5.11 Å². The van der Waals surface area contributed by atoms with E-state index in [1.54, 1.807) is 26.3 Å². The van der Waals surface area contributed by atoms with Gasteiger partial charge in [0.25, 0.3) is 5.91 Å². The summed E-state index contributed by atoms with van der Waals surface area (Å²) in [5.41, 5.74) is 4.33. The van der Waals surface area contributed by atoms with Crippen molar-refractivity contribution in [2.45, 2.75) is 33.0 Å². The molecule has 0 spiro atoms. The van der Waals surface area contributed by atoms with E-state index in [2.05, 4.69) is 10.7 Å². The Morgan fingerprint density at radius 1 is 1.29 bits per heavy atom. The topological polar surface area (TPSA) is 62.8 Å². The molecule has 1 aromatic carbocycles. The second-order valence-corrected chi connectivity index (χ2v) is 6.02.